The van der Waals surface area contributed by atoms with Gasteiger partial charge in [-0.15, -0.1) is 0 Å². The molecule has 0 radical (unpaired) electrons. The first kappa shape index (κ1) is 25.4. The van der Waals surface area contributed by atoms with E-state index in [1.54, 1.807) is 6.07 Å². The lowest BCUT2D eigenvalue weighted by Crippen LogP contribution is -2.50. The lowest BCUT2D eigenvalue weighted by Gasteiger charge is -2.36. The van der Waals surface area contributed by atoms with E-state index in [0.29, 0.717) is 18.8 Å². The molecule has 0 aromatic heterocycles. The van der Waals surface area contributed by atoms with Crippen LogP contribution in [0, 0.1) is 13.8 Å². The predicted octanol–water partition coefficient (Wildman–Crippen LogP) is 5.41. The molecule has 1 saturated carbocycles. The van der Waals surface area contributed by atoms with Crippen molar-refractivity contribution in [2.45, 2.75) is 57.9 Å². The summed E-state index contributed by atoms with van der Waals surface area (Å²) in [6.45, 7) is 6.61. The number of benzene rings is 2. The van der Waals surface area contributed by atoms with Gasteiger partial charge >= 0.3 is 6.18 Å². The number of nitrogens with one attached hydrogen (secondary N) is 1. The standard InChI is InChI=1S/C27H34F3N3O2/c1-19-3-9-23(10-4-19)32-13-15-33(16-14-32)26(34)18-35-24-11-7-21(8-12-24)31-22-6-5-20(2)25(17-22)27(28,29)30/h3-6,9-10,17,21,24,31H,7-8,11-16,18H2,1-2H3/t21-,24-. The van der Waals surface area contributed by atoms with Crippen molar-refractivity contribution in [3.8, 4) is 0 Å². The second kappa shape index (κ2) is 10.9. The van der Waals surface area contributed by atoms with Gasteiger partial charge in [0.1, 0.15) is 6.61 Å². The van der Waals surface area contributed by atoms with E-state index in [9.17, 15) is 18.0 Å². The third-order valence-corrected chi connectivity index (χ3v) is 7.06. The van der Waals surface area contributed by atoms with Crippen LogP contribution in [0.25, 0.3) is 0 Å². The van der Waals surface area contributed by atoms with Gasteiger partial charge in [0.25, 0.3) is 0 Å². The van der Waals surface area contributed by atoms with E-state index in [1.807, 2.05) is 4.90 Å². The van der Waals surface area contributed by atoms with Crippen LogP contribution in [0.1, 0.15) is 42.4 Å². The minimum absolute atomic E-state index is 0.00889. The highest BCUT2D eigenvalue weighted by Gasteiger charge is 2.33. The summed E-state index contributed by atoms with van der Waals surface area (Å²) in [5.41, 5.74) is 2.53. The van der Waals surface area contributed by atoms with E-state index in [4.69, 9.17) is 4.74 Å². The number of carbonyl (C=O) groups excluding carboxylic acids is 1. The van der Waals surface area contributed by atoms with E-state index in [1.165, 1.54) is 30.3 Å². The smallest absolute Gasteiger partial charge is 0.382 e. The summed E-state index contributed by atoms with van der Waals surface area (Å²) in [4.78, 5) is 16.8. The average molecular weight is 490 g/mol. The number of aryl methyl sites for hydroxylation is 2. The molecule has 2 aromatic carbocycles. The Bertz CT molecular complexity index is 994. The van der Waals surface area contributed by atoms with Gasteiger partial charge in [-0.05, 0) is 69.4 Å². The molecular formula is C27H34F3N3O2. The Labute approximate surface area is 205 Å². The van der Waals surface area contributed by atoms with Crippen LogP contribution in [0.5, 0.6) is 0 Å². The predicted molar refractivity (Wildman–Crippen MR) is 132 cm³/mol. The molecule has 0 unspecified atom stereocenters. The summed E-state index contributed by atoms with van der Waals surface area (Å²) in [5.74, 6) is 0.0214. The second-order valence-corrected chi connectivity index (χ2v) is 9.66. The van der Waals surface area contributed by atoms with Crippen LogP contribution in [0.3, 0.4) is 0 Å². The van der Waals surface area contributed by atoms with Gasteiger partial charge in [0, 0.05) is 43.6 Å². The summed E-state index contributed by atoms with van der Waals surface area (Å²) in [5, 5.41) is 3.24. The van der Waals surface area contributed by atoms with Crippen molar-refractivity contribution < 1.29 is 22.7 Å². The van der Waals surface area contributed by atoms with Gasteiger partial charge in [0.15, 0.2) is 0 Å². The maximum absolute atomic E-state index is 13.2. The van der Waals surface area contributed by atoms with Gasteiger partial charge in [0.05, 0.1) is 11.7 Å². The number of alkyl halides is 3. The molecule has 190 valence electrons. The molecule has 0 atom stereocenters. The fourth-order valence-electron chi connectivity index (χ4n) is 4.88. The van der Waals surface area contributed by atoms with Crippen molar-refractivity contribution in [2.24, 2.45) is 0 Å². The van der Waals surface area contributed by atoms with Crippen LogP contribution in [0.15, 0.2) is 42.5 Å². The normalized spacial score (nSPS) is 21.2. The minimum atomic E-state index is -4.35. The molecule has 1 N–H and O–H groups in total. The maximum Gasteiger partial charge on any atom is 0.416 e. The van der Waals surface area contributed by atoms with Crippen LogP contribution in [-0.4, -0.2) is 55.7 Å². The zero-order chi connectivity index (χ0) is 25.0. The highest BCUT2D eigenvalue weighted by atomic mass is 19.4. The largest absolute Gasteiger partial charge is 0.416 e. The van der Waals surface area contributed by atoms with Crippen molar-refractivity contribution in [1.82, 2.24) is 4.90 Å². The topological polar surface area (TPSA) is 44.8 Å². The highest BCUT2D eigenvalue weighted by Crippen LogP contribution is 2.34. The zero-order valence-corrected chi connectivity index (χ0v) is 20.4. The van der Waals surface area contributed by atoms with Crippen molar-refractivity contribution in [1.29, 1.82) is 0 Å². The summed E-state index contributed by atoms with van der Waals surface area (Å²) in [7, 11) is 0. The molecule has 1 heterocycles. The van der Waals surface area contributed by atoms with Gasteiger partial charge in [0.2, 0.25) is 5.91 Å². The monoisotopic (exact) mass is 489 g/mol. The molecule has 1 aliphatic carbocycles. The Kier molecular flexibility index (Phi) is 7.89. The second-order valence-electron chi connectivity index (χ2n) is 9.66. The van der Waals surface area contributed by atoms with E-state index in [0.717, 1.165) is 38.8 Å². The summed E-state index contributed by atoms with van der Waals surface area (Å²) < 4.78 is 45.4. The molecule has 1 amide bonds. The third kappa shape index (κ3) is 6.69. The van der Waals surface area contributed by atoms with Gasteiger partial charge < -0.3 is 19.9 Å². The SMILES string of the molecule is Cc1ccc(N2CCN(C(=O)CO[C@H]3CC[C@H](Nc4ccc(C)c(C(F)(F)F)c4)CC3)CC2)cc1. The first-order valence-electron chi connectivity index (χ1n) is 12.3. The van der Waals surface area contributed by atoms with E-state index in [2.05, 4.69) is 41.4 Å². The number of nitrogens with zero attached hydrogens (tertiary/aromatic N) is 2. The fraction of sp³-hybridized carbons (Fsp3) is 0.519. The molecule has 0 spiro atoms. The Hall–Kier alpha value is -2.74. The number of hydrogen-bond donors (Lipinski definition) is 1. The van der Waals surface area contributed by atoms with Crippen molar-refractivity contribution in [2.75, 3.05) is 43.0 Å². The molecular weight excluding hydrogens is 455 g/mol. The minimum Gasteiger partial charge on any atom is -0.382 e. The third-order valence-electron chi connectivity index (χ3n) is 7.06. The van der Waals surface area contributed by atoms with Gasteiger partial charge in [-0.25, -0.2) is 0 Å². The number of carbonyl (C=O) groups is 1. The number of halogens is 3. The molecule has 1 aliphatic heterocycles. The Morgan fingerprint density at radius 3 is 2.26 bits per heavy atom. The van der Waals surface area contributed by atoms with Crippen molar-refractivity contribution in [3.05, 3.63) is 59.2 Å². The number of rotatable bonds is 6. The van der Waals surface area contributed by atoms with E-state index in [-0.39, 0.29) is 30.2 Å². The van der Waals surface area contributed by atoms with Crippen LogP contribution in [-0.2, 0) is 15.7 Å². The van der Waals surface area contributed by atoms with Gasteiger partial charge in [-0.3, -0.25) is 4.79 Å². The lowest BCUT2D eigenvalue weighted by atomic mass is 9.92. The summed E-state index contributed by atoms with van der Waals surface area (Å²) in [6, 6.07) is 12.9. The first-order valence-corrected chi connectivity index (χ1v) is 12.3. The first-order chi connectivity index (χ1) is 16.7. The number of hydrogen-bond acceptors (Lipinski definition) is 4. The van der Waals surface area contributed by atoms with Gasteiger partial charge in [-0.2, -0.15) is 13.2 Å². The lowest BCUT2D eigenvalue weighted by molar-refractivity contribution is -0.139. The Morgan fingerprint density at radius 1 is 0.971 bits per heavy atom. The van der Waals surface area contributed by atoms with E-state index < -0.39 is 11.7 Å². The fourth-order valence-corrected chi connectivity index (χ4v) is 4.88. The van der Waals surface area contributed by atoms with Crippen LogP contribution >= 0.6 is 0 Å². The van der Waals surface area contributed by atoms with Crippen LogP contribution < -0.4 is 10.2 Å². The number of amides is 1. The average Bonchev–Trinajstić information content (AvgIpc) is 2.84. The molecule has 5 nitrogen and oxygen atoms in total. The Balaban J connectivity index is 1.17. The summed E-state index contributed by atoms with van der Waals surface area (Å²) in [6.07, 6.45) is -1.19. The molecule has 2 aromatic rings. The number of ether oxygens (including phenoxy) is 1. The zero-order valence-electron chi connectivity index (χ0n) is 20.4. The van der Waals surface area contributed by atoms with E-state index >= 15 is 0 Å². The van der Waals surface area contributed by atoms with Gasteiger partial charge in [-0.1, -0.05) is 23.8 Å². The summed E-state index contributed by atoms with van der Waals surface area (Å²) >= 11 is 0. The number of piperazine rings is 1. The molecule has 2 aliphatic rings. The van der Waals surface area contributed by atoms with Crippen molar-refractivity contribution in [3.63, 3.8) is 0 Å². The van der Waals surface area contributed by atoms with Crippen LogP contribution in [0.2, 0.25) is 0 Å². The van der Waals surface area contributed by atoms with Crippen LogP contribution in [0.4, 0.5) is 24.5 Å². The molecule has 4 rings (SSSR count). The quantitative estimate of drug-likeness (QED) is 0.589. The van der Waals surface area contributed by atoms with Crippen molar-refractivity contribution >= 4 is 17.3 Å². The molecule has 35 heavy (non-hydrogen) atoms. The molecule has 2 fully saturated rings. The highest BCUT2D eigenvalue weighted by molar-refractivity contribution is 5.77. The number of anilines is 2. The maximum atomic E-state index is 13.2. The Morgan fingerprint density at radius 2 is 1.63 bits per heavy atom. The molecule has 0 bridgehead atoms. The molecule has 8 heteroatoms. The molecule has 1 saturated heterocycles.